The average Bonchev–Trinajstić information content (AvgIpc) is 2.60. The molecule has 0 aliphatic heterocycles. The number of hydrogen-bond donors (Lipinski definition) is 0. The van der Waals surface area contributed by atoms with E-state index in [1.807, 2.05) is 0 Å². The van der Waals surface area contributed by atoms with Crippen LogP contribution in [0.15, 0.2) is 33.5 Å². The number of rotatable bonds is 3. The molecule has 0 radical (unpaired) electrons. The van der Waals surface area contributed by atoms with E-state index in [1.165, 1.54) is 0 Å². The highest BCUT2D eigenvalue weighted by Gasteiger charge is 2.10. The van der Waals surface area contributed by atoms with Crippen molar-refractivity contribution in [3.63, 3.8) is 0 Å². The molecule has 0 bridgehead atoms. The first-order valence-corrected chi connectivity index (χ1v) is 5.07. The second-order valence-corrected chi connectivity index (χ2v) is 3.40. The van der Waals surface area contributed by atoms with Crippen LogP contribution in [0.2, 0.25) is 5.02 Å². The van der Waals surface area contributed by atoms with E-state index >= 15 is 0 Å². The Morgan fingerprint density at radius 1 is 1.56 bits per heavy atom. The van der Waals surface area contributed by atoms with Crippen LogP contribution >= 0.6 is 11.6 Å². The third kappa shape index (κ3) is 2.09. The normalized spacial score (nSPS) is 10.4. The monoisotopic (exact) mass is 240 g/mol. The second-order valence-electron chi connectivity index (χ2n) is 2.96. The molecule has 0 aliphatic rings. The summed E-state index contributed by atoms with van der Waals surface area (Å²) in [6, 6.07) is 6.74. The molecule has 0 atom stereocenters. The topological polar surface area (TPSA) is 57.3 Å². The fraction of sp³-hybridized carbons (Fsp3) is 0.200. The molecule has 0 saturated carbocycles. The van der Waals surface area contributed by atoms with Gasteiger partial charge in [0.2, 0.25) is 0 Å². The summed E-state index contributed by atoms with van der Waals surface area (Å²) in [5.74, 6) is -0.606. The molecule has 1 aromatic carbocycles. The van der Waals surface area contributed by atoms with Gasteiger partial charge in [-0.2, -0.15) is 4.68 Å². The van der Waals surface area contributed by atoms with E-state index in [0.29, 0.717) is 17.3 Å². The molecule has 0 spiro atoms. The molecule has 2 rings (SSSR count). The van der Waals surface area contributed by atoms with Crippen LogP contribution in [-0.4, -0.2) is 16.4 Å². The van der Waals surface area contributed by atoms with E-state index in [4.69, 9.17) is 20.8 Å². The number of nitrogens with zero attached hydrogens (tertiary/aromatic N) is 2. The van der Waals surface area contributed by atoms with Crippen LogP contribution in [0.1, 0.15) is 6.92 Å². The first-order chi connectivity index (χ1) is 7.70. The van der Waals surface area contributed by atoms with Crippen molar-refractivity contribution in [2.24, 2.45) is 0 Å². The lowest BCUT2D eigenvalue weighted by molar-refractivity contribution is 0.238. The summed E-state index contributed by atoms with van der Waals surface area (Å²) in [5, 5.41) is 4.39. The number of benzene rings is 1. The summed E-state index contributed by atoms with van der Waals surface area (Å²) in [5.41, 5.74) is 0.534. The molecule has 0 saturated heterocycles. The Kier molecular flexibility index (Phi) is 2.96. The molecule has 6 heteroatoms. The lowest BCUT2D eigenvalue weighted by Crippen LogP contribution is -2.13. The van der Waals surface area contributed by atoms with Gasteiger partial charge in [0, 0.05) is 5.02 Å². The zero-order valence-electron chi connectivity index (χ0n) is 8.51. The maximum atomic E-state index is 11.4. The molecule has 0 N–H and O–H groups in total. The van der Waals surface area contributed by atoms with Crippen molar-refractivity contribution in [2.75, 3.05) is 6.61 Å². The van der Waals surface area contributed by atoms with Gasteiger partial charge in [0.15, 0.2) is 0 Å². The summed E-state index contributed by atoms with van der Waals surface area (Å²) in [4.78, 5) is 11.4. The van der Waals surface area contributed by atoms with Gasteiger partial charge in [-0.3, -0.25) is 0 Å². The van der Waals surface area contributed by atoms with Crippen LogP contribution in [0.3, 0.4) is 0 Å². The molecule has 0 aliphatic carbocycles. The smallest absolute Gasteiger partial charge is 0.444 e. The van der Waals surface area contributed by atoms with Gasteiger partial charge in [-0.1, -0.05) is 22.8 Å². The summed E-state index contributed by atoms with van der Waals surface area (Å²) in [7, 11) is 0. The second kappa shape index (κ2) is 4.40. The minimum Gasteiger partial charge on any atom is -0.449 e. The van der Waals surface area contributed by atoms with Gasteiger partial charge in [0.05, 0.1) is 12.3 Å². The molecule has 1 aromatic heterocycles. The van der Waals surface area contributed by atoms with Crippen molar-refractivity contribution in [3.05, 3.63) is 39.8 Å². The number of ether oxygens (including phenoxy) is 1. The molecule has 84 valence electrons. The molecular weight excluding hydrogens is 232 g/mol. The van der Waals surface area contributed by atoms with Crippen molar-refractivity contribution < 1.29 is 9.15 Å². The molecule has 5 nitrogen and oxygen atoms in total. The predicted molar refractivity (Wildman–Crippen MR) is 58.3 cm³/mol. The number of aromatic nitrogens is 2. The number of hydrogen-bond acceptors (Lipinski definition) is 4. The standard InChI is InChI=1S/C10H9ClN2O3/c1-2-15-9-12-13(10(14)16-9)8-5-3-4-7(11)6-8/h3-6H,2H2,1H3. The van der Waals surface area contributed by atoms with Crippen molar-refractivity contribution in [2.45, 2.75) is 6.92 Å². The minimum absolute atomic E-state index is 0.0486. The number of halogens is 1. The third-order valence-corrected chi connectivity index (χ3v) is 2.08. The summed E-state index contributed by atoms with van der Waals surface area (Å²) in [6.07, 6.45) is -0.0486. The molecular formula is C10H9ClN2O3. The summed E-state index contributed by atoms with van der Waals surface area (Å²) < 4.78 is 10.9. The molecule has 0 amide bonds. The Morgan fingerprint density at radius 2 is 2.38 bits per heavy atom. The Morgan fingerprint density at radius 3 is 3.06 bits per heavy atom. The first kappa shape index (κ1) is 10.8. The van der Waals surface area contributed by atoms with E-state index in [1.54, 1.807) is 31.2 Å². The van der Waals surface area contributed by atoms with Crippen LogP contribution in [0.25, 0.3) is 5.69 Å². The van der Waals surface area contributed by atoms with Crippen LogP contribution in [-0.2, 0) is 0 Å². The quantitative estimate of drug-likeness (QED) is 0.822. The molecule has 1 heterocycles. The molecule has 2 aromatic rings. The molecule has 0 unspecified atom stereocenters. The average molecular weight is 241 g/mol. The van der Waals surface area contributed by atoms with Crippen LogP contribution in [0, 0.1) is 0 Å². The van der Waals surface area contributed by atoms with Gasteiger partial charge < -0.3 is 9.15 Å². The van der Waals surface area contributed by atoms with Gasteiger partial charge in [-0.15, -0.1) is 0 Å². The van der Waals surface area contributed by atoms with Gasteiger partial charge in [-0.05, 0) is 25.1 Å². The highest BCUT2D eigenvalue weighted by molar-refractivity contribution is 6.30. The van der Waals surface area contributed by atoms with Crippen LogP contribution < -0.4 is 10.5 Å². The van der Waals surface area contributed by atoms with E-state index in [2.05, 4.69) is 5.10 Å². The maximum Gasteiger partial charge on any atom is 0.444 e. The van der Waals surface area contributed by atoms with Crippen molar-refractivity contribution in [1.29, 1.82) is 0 Å². The highest BCUT2D eigenvalue weighted by atomic mass is 35.5. The van der Waals surface area contributed by atoms with E-state index in [9.17, 15) is 4.79 Å². The maximum absolute atomic E-state index is 11.4. The lowest BCUT2D eigenvalue weighted by atomic mass is 10.3. The van der Waals surface area contributed by atoms with Gasteiger partial charge >= 0.3 is 11.8 Å². The minimum atomic E-state index is -0.606. The fourth-order valence-electron chi connectivity index (χ4n) is 1.21. The zero-order valence-corrected chi connectivity index (χ0v) is 9.27. The fourth-order valence-corrected chi connectivity index (χ4v) is 1.40. The highest BCUT2D eigenvalue weighted by Crippen LogP contribution is 2.14. The van der Waals surface area contributed by atoms with E-state index < -0.39 is 5.76 Å². The molecule has 16 heavy (non-hydrogen) atoms. The van der Waals surface area contributed by atoms with Crippen LogP contribution in [0.4, 0.5) is 0 Å². The van der Waals surface area contributed by atoms with Gasteiger partial charge in [0.1, 0.15) is 0 Å². The lowest BCUT2D eigenvalue weighted by Gasteiger charge is -1.97. The van der Waals surface area contributed by atoms with Crippen molar-refractivity contribution >= 4 is 11.6 Å². The Bertz CT molecular complexity index is 547. The first-order valence-electron chi connectivity index (χ1n) is 4.69. The van der Waals surface area contributed by atoms with Crippen molar-refractivity contribution in [1.82, 2.24) is 9.78 Å². The van der Waals surface area contributed by atoms with E-state index in [-0.39, 0.29) is 6.08 Å². The Balaban J connectivity index is 2.44. The third-order valence-electron chi connectivity index (χ3n) is 1.85. The summed E-state index contributed by atoms with van der Waals surface area (Å²) >= 11 is 5.81. The largest absolute Gasteiger partial charge is 0.449 e. The van der Waals surface area contributed by atoms with Crippen LogP contribution in [0.5, 0.6) is 6.08 Å². The van der Waals surface area contributed by atoms with E-state index in [0.717, 1.165) is 4.68 Å². The Labute approximate surface area is 96.2 Å². The summed E-state index contributed by atoms with van der Waals surface area (Å²) in [6.45, 7) is 2.16. The van der Waals surface area contributed by atoms with Gasteiger partial charge in [0.25, 0.3) is 0 Å². The SMILES string of the molecule is CCOc1nn(-c2cccc(Cl)c2)c(=O)o1. The Hall–Kier alpha value is -1.75. The predicted octanol–water partition coefficient (Wildman–Crippen LogP) is 1.88. The van der Waals surface area contributed by atoms with Gasteiger partial charge in [-0.25, -0.2) is 4.79 Å². The molecule has 0 fully saturated rings. The zero-order chi connectivity index (χ0) is 11.5. The van der Waals surface area contributed by atoms with Crippen molar-refractivity contribution in [3.8, 4) is 11.8 Å².